The normalized spacial score (nSPS) is 17.1. The van der Waals surface area contributed by atoms with Crippen LogP contribution in [-0.4, -0.2) is 53.2 Å². The van der Waals surface area contributed by atoms with Gasteiger partial charge in [0, 0.05) is 29.2 Å². The van der Waals surface area contributed by atoms with Crippen molar-refractivity contribution < 1.29 is 14.3 Å². The van der Waals surface area contributed by atoms with Crippen LogP contribution in [-0.2, 0) is 4.74 Å². The SMILES string of the molecule is Cc1cc(OCC2CN(C(=O)c3cc(Cl)ccc3Cl)CCO2)nc(C(C)C)n1. The molecule has 6 nitrogen and oxygen atoms in total. The van der Waals surface area contributed by atoms with Gasteiger partial charge in [-0.15, -0.1) is 0 Å². The number of aryl methyl sites for hydroxylation is 1. The first-order valence-electron chi connectivity index (χ1n) is 9.18. The van der Waals surface area contributed by atoms with Crippen molar-refractivity contribution in [3.05, 3.63) is 51.4 Å². The molecule has 0 N–H and O–H groups in total. The van der Waals surface area contributed by atoms with E-state index in [1.165, 1.54) is 0 Å². The number of aromatic nitrogens is 2. The Balaban J connectivity index is 1.64. The molecule has 1 aliphatic heterocycles. The van der Waals surface area contributed by atoms with Crippen molar-refractivity contribution in [2.75, 3.05) is 26.3 Å². The smallest absolute Gasteiger partial charge is 0.255 e. The minimum Gasteiger partial charge on any atom is -0.475 e. The number of carbonyl (C=O) groups excluding carboxylic acids is 1. The molecule has 1 aliphatic rings. The van der Waals surface area contributed by atoms with Crippen molar-refractivity contribution in [3.63, 3.8) is 0 Å². The lowest BCUT2D eigenvalue weighted by Crippen LogP contribution is -2.47. The number of rotatable bonds is 5. The summed E-state index contributed by atoms with van der Waals surface area (Å²) in [6.07, 6.45) is -0.256. The molecule has 150 valence electrons. The lowest BCUT2D eigenvalue weighted by molar-refractivity contribution is -0.0407. The highest BCUT2D eigenvalue weighted by atomic mass is 35.5. The van der Waals surface area contributed by atoms with E-state index in [4.69, 9.17) is 32.7 Å². The molecule has 2 aromatic rings. The van der Waals surface area contributed by atoms with Gasteiger partial charge >= 0.3 is 0 Å². The van der Waals surface area contributed by atoms with Crippen molar-refractivity contribution in [2.24, 2.45) is 0 Å². The lowest BCUT2D eigenvalue weighted by atomic mass is 10.1. The summed E-state index contributed by atoms with van der Waals surface area (Å²) in [5.74, 6) is 1.30. The molecule has 0 aliphatic carbocycles. The topological polar surface area (TPSA) is 64.5 Å². The maximum absolute atomic E-state index is 12.8. The zero-order valence-electron chi connectivity index (χ0n) is 16.1. The van der Waals surface area contributed by atoms with E-state index in [0.29, 0.717) is 47.8 Å². The number of benzene rings is 1. The van der Waals surface area contributed by atoms with Gasteiger partial charge in [0.1, 0.15) is 18.5 Å². The van der Waals surface area contributed by atoms with E-state index in [-0.39, 0.29) is 17.9 Å². The van der Waals surface area contributed by atoms with Crippen LogP contribution in [0.2, 0.25) is 10.0 Å². The van der Waals surface area contributed by atoms with E-state index >= 15 is 0 Å². The van der Waals surface area contributed by atoms with Crippen LogP contribution in [0.25, 0.3) is 0 Å². The number of carbonyl (C=O) groups is 1. The Morgan fingerprint density at radius 1 is 1.32 bits per heavy atom. The minimum absolute atomic E-state index is 0.166. The summed E-state index contributed by atoms with van der Waals surface area (Å²) in [5, 5.41) is 0.854. The summed E-state index contributed by atoms with van der Waals surface area (Å²) in [6.45, 7) is 7.59. The summed E-state index contributed by atoms with van der Waals surface area (Å²) >= 11 is 12.2. The summed E-state index contributed by atoms with van der Waals surface area (Å²) in [7, 11) is 0. The molecule has 28 heavy (non-hydrogen) atoms. The Kier molecular flexibility index (Phi) is 6.75. The van der Waals surface area contributed by atoms with E-state index < -0.39 is 0 Å². The van der Waals surface area contributed by atoms with Gasteiger partial charge in [-0.3, -0.25) is 4.79 Å². The molecule has 3 rings (SSSR count). The molecule has 2 heterocycles. The molecule has 1 amide bonds. The van der Waals surface area contributed by atoms with Crippen LogP contribution in [0.1, 0.15) is 41.6 Å². The van der Waals surface area contributed by atoms with Gasteiger partial charge in [-0.2, -0.15) is 4.98 Å². The molecule has 0 saturated carbocycles. The largest absolute Gasteiger partial charge is 0.475 e. The predicted octanol–water partition coefficient (Wildman–Crippen LogP) is 4.14. The van der Waals surface area contributed by atoms with E-state index in [9.17, 15) is 4.79 Å². The van der Waals surface area contributed by atoms with Crippen molar-refractivity contribution in [3.8, 4) is 5.88 Å². The number of morpholine rings is 1. The molecular weight excluding hydrogens is 401 g/mol. The molecule has 8 heteroatoms. The summed E-state index contributed by atoms with van der Waals surface area (Å²) < 4.78 is 11.6. The average Bonchev–Trinajstić information content (AvgIpc) is 2.67. The molecule has 1 saturated heterocycles. The maximum atomic E-state index is 12.8. The number of ether oxygens (including phenoxy) is 2. The molecule has 1 aromatic carbocycles. The first-order valence-corrected chi connectivity index (χ1v) is 9.93. The monoisotopic (exact) mass is 423 g/mol. The highest BCUT2D eigenvalue weighted by Crippen LogP contribution is 2.23. The Hall–Kier alpha value is -1.89. The fourth-order valence-corrected chi connectivity index (χ4v) is 3.28. The van der Waals surface area contributed by atoms with Gasteiger partial charge in [0.2, 0.25) is 5.88 Å². The summed E-state index contributed by atoms with van der Waals surface area (Å²) in [6, 6.07) is 6.67. The zero-order chi connectivity index (χ0) is 20.3. The van der Waals surface area contributed by atoms with Gasteiger partial charge in [0.15, 0.2) is 0 Å². The fraction of sp³-hybridized carbons (Fsp3) is 0.450. The summed E-state index contributed by atoms with van der Waals surface area (Å²) in [4.78, 5) is 23.4. The number of nitrogens with zero attached hydrogens (tertiary/aromatic N) is 3. The molecule has 1 unspecified atom stereocenters. The number of amides is 1. The molecule has 0 radical (unpaired) electrons. The molecule has 0 bridgehead atoms. The molecule has 1 atom stereocenters. The van der Waals surface area contributed by atoms with Crippen molar-refractivity contribution in [1.82, 2.24) is 14.9 Å². The lowest BCUT2D eigenvalue weighted by Gasteiger charge is -2.33. The number of hydrogen-bond acceptors (Lipinski definition) is 5. The third-order valence-corrected chi connectivity index (χ3v) is 4.93. The number of halogens is 2. The highest BCUT2D eigenvalue weighted by molar-refractivity contribution is 6.35. The van der Waals surface area contributed by atoms with E-state index in [0.717, 1.165) is 11.5 Å². The fourth-order valence-electron chi connectivity index (χ4n) is 2.91. The van der Waals surface area contributed by atoms with Gasteiger partial charge in [0.25, 0.3) is 5.91 Å². The highest BCUT2D eigenvalue weighted by Gasteiger charge is 2.27. The van der Waals surface area contributed by atoms with Crippen LogP contribution in [0.4, 0.5) is 0 Å². The third-order valence-electron chi connectivity index (χ3n) is 4.37. The zero-order valence-corrected chi connectivity index (χ0v) is 17.6. The average molecular weight is 424 g/mol. The van der Waals surface area contributed by atoms with Crippen LogP contribution in [0, 0.1) is 6.92 Å². The van der Waals surface area contributed by atoms with Crippen LogP contribution in [0.3, 0.4) is 0 Å². The van der Waals surface area contributed by atoms with Crippen molar-refractivity contribution in [2.45, 2.75) is 32.8 Å². The first-order chi connectivity index (χ1) is 13.3. The van der Waals surface area contributed by atoms with Crippen LogP contribution in [0.5, 0.6) is 5.88 Å². The third kappa shape index (κ3) is 5.13. The Labute approximate surface area is 174 Å². The first kappa shape index (κ1) is 20.8. The molecule has 1 aromatic heterocycles. The van der Waals surface area contributed by atoms with Crippen molar-refractivity contribution >= 4 is 29.1 Å². The number of hydrogen-bond donors (Lipinski definition) is 0. The van der Waals surface area contributed by atoms with Crippen LogP contribution >= 0.6 is 23.2 Å². The Morgan fingerprint density at radius 3 is 2.86 bits per heavy atom. The quantitative estimate of drug-likeness (QED) is 0.722. The van der Waals surface area contributed by atoms with Gasteiger partial charge < -0.3 is 14.4 Å². The second-order valence-electron chi connectivity index (χ2n) is 7.04. The standard InChI is InChI=1S/C20H23Cl2N3O3/c1-12(2)19-23-13(3)8-18(24-19)28-11-15-10-25(6-7-27-15)20(26)16-9-14(21)4-5-17(16)22/h4-5,8-9,12,15H,6-7,10-11H2,1-3H3. The van der Waals surface area contributed by atoms with Gasteiger partial charge in [-0.1, -0.05) is 37.0 Å². The van der Waals surface area contributed by atoms with Crippen LogP contribution in [0.15, 0.2) is 24.3 Å². The summed E-state index contributed by atoms with van der Waals surface area (Å²) in [5.41, 5.74) is 1.24. The predicted molar refractivity (Wildman–Crippen MR) is 108 cm³/mol. The second kappa shape index (κ2) is 9.07. The molecular formula is C20H23Cl2N3O3. The Bertz CT molecular complexity index is 861. The second-order valence-corrected chi connectivity index (χ2v) is 7.88. The van der Waals surface area contributed by atoms with Gasteiger partial charge in [-0.25, -0.2) is 4.98 Å². The van der Waals surface area contributed by atoms with Gasteiger partial charge in [0.05, 0.1) is 23.7 Å². The van der Waals surface area contributed by atoms with Gasteiger partial charge in [-0.05, 0) is 25.1 Å². The van der Waals surface area contributed by atoms with Crippen LogP contribution < -0.4 is 4.74 Å². The van der Waals surface area contributed by atoms with E-state index in [2.05, 4.69) is 9.97 Å². The molecule has 0 spiro atoms. The van der Waals surface area contributed by atoms with Crippen molar-refractivity contribution in [1.29, 1.82) is 0 Å². The maximum Gasteiger partial charge on any atom is 0.255 e. The molecule has 1 fully saturated rings. The van der Waals surface area contributed by atoms with E-state index in [1.807, 2.05) is 20.8 Å². The van der Waals surface area contributed by atoms with E-state index in [1.54, 1.807) is 29.2 Å². The minimum atomic E-state index is -0.256. The Morgan fingerprint density at radius 2 is 2.11 bits per heavy atom.